The van der Waals surface area contributed by atoms with E-state index in [0.717, 1.165) is 29.8 Å². The summed E-state index contributed by atoms with van der Waals surface area (Å²) in [6, 6.07) is 13.3. The Bertz CT molecular complexity index is 797. The van der Waals surface area contributed by atoms with Crippen LogP contribution in [0.15, 0.2) is 42.5 Å². The van der Waals surface area contributed by atoms with E-state index in [1.165, 1.54) is 17.3 Å². The largest absolute Gasteiger partial charge is 0.375 e. The fraction of sp³-hybridized carbons (Fsp3) is 0.235. The summed E-state index contributed by atoms with van der Waals surface area (Å²) < 4.78 is 15.6. The minimum atomic E-state index is -0.216. The topological polar surface area (TPSA) is 29.9 Å². The Labute approximate surface area is 122 Å². The molecule has 0 saturated heterocycles. The predicted molar refractivity (Wildman–Crippen MR) is 81.9 cm³/mol. The molecule has 1 atom stereocenters. The Hall–Kier alpha value is -2.36. The highest BCUT2D eigenvalue weighted by molar-refractivity contribution is 5.76. The molecule has 1 aliphatic rings. The van der Waals surface area contributed by atoms with Crippen molar-refractivity contribution in [3.8, 4) is 0 Å². The number of aryl methyl sites for hydroxylation is 1. The summed E-state index contributed by atoms with van der Waals surface area (Å²) >= 11 is 0. The highest BCUT2D eigenvalue weighted by Crippen LogP contribution is 2.34. The zero-order chi connectivity index (χ0) is 14.4. The molecule has 4 heteroatoms. The van der Waals surface area contributed by atoms with Gasteiger partial charge in [0, 0.05) is 18.7 Å². The van der Waals surface area contributed by atoms with Gasteiger partial charge >= 0.3 is 0 Å². The van der Waals surface area contributed by atoms with Crippen molar-refractivity contribution in [2.75, 3.05) is 5.32 Å². The van der Waals surface area contributed by atoms with Gasteiger partial charge in [-0.25, -0.2) is 9.37 Å². The van der Waals surface area contributed by atoms with Gasteiger partial charge in [-0.1, -0.05) is 18.2 Å². The first-order valence-electron chi connectivity index (χ1n) is 7.26. The molecule has 0 fully saturated rings. The first-order valence-corrected chi connectivity index (χ1v) is 7.26. The number of nitrogens with zero attached hydrogens (tertiary/aromatic N) is 2. The first kappa shape index (κ1) is 12.4. The Morgan fingerprint density at radius 3 is 2.95 bits per heavy atom. The number of fused-ring (bicyclic) bond motifs is 2. The molecule has 0 amide bonds. The normalized spacial score (nSPS) is 17.0. The van der Waals surface area contributed by atoms with Gasteiger partial charge in [0.15, 0.2) is 0 Å². The molecule has 1 aromatic heterocycles. The van der Waals surface area contributed by atoms with Crippen molar-refractivity contribution in [2.24, 2.45) is 0 Å². The number of rotatable bonds is 2. The van der Waals surface area contributed by atoms with Crippen LogP contribution in [0.3, 0.4) is 0 Å². The van der Waals surface area contributed by atoms with Crippen molar-refractivity contribution in [3.63, 3.8) is 0 Å². The van der Waals surface area contributed by atoms with Crippen LogP contribution in [0.1, 0.15) is 24.4 Å². The summed E-state index contributed by atoms with van der Waals surface area (Å²) in [6.45, 7) is 2.85. The lowest BCUT2D eigenvalue weighted by molar-refractivity contribution is 0.625. The number of anilines is 1. The Morgan fingerprint density at radius 2 is 2.14 bits per heavy atom. The minimum absolute atomic E-state index is 0.151. The third-order valence-corrected chi connectivity index (χ3v) is 4.14. The maximum absolute atomic E-state index is 13.5. The van der Waals surface area contributed by atoms with Crippen LogP contribution in [0.25, 0.3) is 11.0 Å². The minimum Gasteiger partial charge on any atom is -0.375 e. The smallest absolute Gasteiger partial charge is 0.132 e. The average Bonchev–Trinajstić information content (AvgIpc) is 3.07. The second-order valence-corrected chi connectivity index (χ2v) is 5.41. The SMILES string of the molecule is CCn1c(C2Cc3ccccc3N2)nc2ccc(F)cc21. The molecule has 0 spiro atoms. The summed E-state index contributed by atoms with van der Waals surface area (Å²) in [5.41, 5.74) is 4.20. The van der Waals surface area contributed by atoms with Crippen LogP contribution in [0, 0.1) is 5.82 Å². The second kappa shape index (κ2) is 4.58. The number of benzene rings is 2. The lowest BCUT2D eigenvalue weighted by Gasteiger charge is -2.13. The molecule has 0 saturated carbocycles. The monoisotopic (exact) mass is 281 g/mol. The molecule has 1 aliphatic heterocycles. The fourth-order valence-electron chi connectivity index (χ4n) is 3.17. The Kier molecular flexibility index (Phi) is 2.70. The van der Waals surface area contributed by atoms with Crippen molar-refractivity contribution in [2.45, 2.75) is 25.9 Å². The Balaban J connectivity index is 1.81. The van der Waals surface area contributed by atoms with Crippen LogP contribution in [0.2, 0.25) is 0 Å². The molecule has 1 unspecified atom stereocenters. The number of para-hydroxylation sites is 1. The third kappa shape index (κ3) is 1.90. The van der Waals surface area contributed by atoms with Crippen LogP contribution in [0.5, 0.6) is 0 Å². The highest BCUT2D eigenvalue weighted by Gasteiger charge is 2.26. The lowest BCUT2D eigenvalue weighted by atomic mass is 10.1. The van der Waals surface area contributed by atoms with Gasteiger partial charge in [0.05, 0.1) is 17.1 Å². The molecule has 3 aromatic rings. The molecule has 4 rings (SSSR count). The fourth-order valence-corrected chi connectivity index (χ4v) is 3.17. The van der Waals surface area contributed by atoms with Gasteiger partial charge in [0.25, 0.3) is 0 Å². The van der Waals surface area contributed by atoms with Gasteiger partial charge in [-0.3, -0.25) is 0 Å². The summed E-state index contributed by atoms with van der Waals surface area (Å²) in [6.07, 6.45) is 0.919. The van der Waals surface area contributed by atoms with Crippen molar-refractivity contribution < 1.29 is 4.39 Å². The number of aromatic nitrogens is 2. The first-order chi connectivity index (χ1) is 10.3. The summed E-state index contributed by atoms with van der Waals surface area (Å²) in [5.74, 6) is 0.764. The summed E-state index contributed by atoms with van der Waals surface area (Å²) in [4.78, 5) is 4.72. The van der Waals surface area contributed by atoms with Gasteiger partial charge in [-0.15, -0.1) is 0 Å². The standard InChI is InChI=1S/C17H16FN3/c1-2-21-16-10-12(18)7-8-14(16)20-17(21)15-9-11-5-3-4-6-13(11)19-15/h3-8,10,15,19H,2,9H2,1H3. The molecule has 3 nitrogen and oxygen atoms in total. The average molecular weight is 281 g/mol. The number of halogens is 1. The van der Waals surface area contributed by atoms with E-state index in [0.29, 0.717) is 0 Å². The molecule has 0 bridgehead atoms. The molecule has 0 radical (unpaired) electrons. The van der Waals surface area contributed by atoms with E-state index >= 15 is 0 Å². The molecular weight excluding hydrogens is 265 g/mol. The number of nitrogens with one attached hydrogen (secondary N) is 1. The van der Waals surface area contributed by atoms with E-state index in [2.05, 4.69) is 35.0 Å². The van der Waals surface area contributed by atoms with Crippen LogP contribution >= 0.6 is 0 Å². The van der Waals surface area contributed by atoms with Gasteiger partial charge in [-0.2, -0.15) is 0 Å². The molecule has 21 heavy (non-hydrogen) atoms. The molecule has 2 heterocycles. The van der Waals surface area contributed by atoms with Crippen molar-refractivity contribution >= 4 is 16.7 Å². The van der Waals surface area contributed by atoms with Crippen LogP contribution in [-0.4, -0.2) is 9.55 Å². The molecule has 2 aromatic carbocycles. The van der Waals surface area contributed by atoms with Gasteiger partial charge < -0.3 is 9.88 Å². The zero-order valence-corrected chi connectivity index (χ0v) is 11.8. The van der Waals surface area contributed by atoms with Gasteiger partial charge in [-0.05, 0) is 36.8 Å². The van der Waals surface area contributed by atoms with Gasteiger partial charge in [0.2, 0.25) is 0 Å². The highest BCUT2D eigenvalue weighted by atomic mass is 19.1. The zero-order valence-electron chi connectivity index (χ0n) is 11.8. The van der Waals surface area contributed by atoms with E-state index in [4.69, 9.17) is 4.98 Å². The molecule has 106 valence electrons. The van der Waals surface area contributed by atoms with E-state index in [1.807, 2.05) is 6.07 Å². The van der Waals surface area contributed by atoms with Crippen LogP contribution in [-0.2, 0) is 13.0 Å². The molecule has 0 aliphatic carbocycles. The molecular formula is C17H16FN3. The lowest BCUT2D eigenvalue weighted by Crippen LogP contribution is -2.13. The maximum atomic E-state index is 13.5. The molecule has 1 N–H and O–H groups in total. The van der Waals surface area contributed by atoms with Crippen LogP contribution in [0.4, 0.5) is 10.1 Å². The second-order valence-electron chi connectivity index (χ2n) is 5.41. The van der Waals surface area contributed by atoms with E-state index in [1.54, 1.807) is 12.1 Å². The number of hydrogen-bond donors (Lipinski definition) is 1. The van der Waals surface area contributed by atoms with Crippen LogP contribution < -0.4 is 5.32 Å². The maximum Gasteiger partial charge on any atom is 0.132 e. The number of imidazole rings is 1. The van der Waals surface area contributed by atoms with Gasteiger partial charge in [0.1, 0.15) is 11.6 Å². The predicted octanol–water partition coefficient (Wildman–Crippen LogP) is 3.90. The van der Waals surface area contributed by atoms with Crippen molar-refractivity contribution in [1.82, 2.24) is 9.55 Å². The van der Waals surface area contributed by atoms with Crippen molar-refractivity contribution in [3.05, 3.63) is 59.7 Å². The van der Waals surface area contributed by atoms with E-state index in [-0.39, 0.29) is 11.9 Å². The van der Waals surface area contributed by atoms with E-state index < -0.39 is 0 Å². The Morgan fingerprint density at radius 1 is 1.29 bits per heavy atom. The van der Waals surface area contributed by atoms with E-state index in [9.17, 15) is 4.39 Å². The third-order valence-electron chi connectivity index (χ3n) is 4.14. The van der Waals surface area contributed by atoms with Crippen molar-refractivity contribution in [1.29, 1.82) is 0 Å². The summed E-state index contributed by atoms with van der Waals surface area (Å²) in [7, 11) is 0. The summed E-state index contributed by atoms with van der Waals surface area (Å²) in [5, 5.41) is 3.52. The number of hydrogen-bond acceptors (Lipinski definition) is 2. The quantitative estimate of drug-likeness (QED) is 0.772.